The van der Waals surface area contributed by atoms with Crippen LogP contribution in [0.3, 0.4) is 0 Å². The van der Waals surface area contributed by atoms with E-state index in [1.807, 2.05) is 0 Å². The molecule has 0 N–H and O–H groups in total. The average Bonchev–Trinajstić information content (AvgIpc) is 2.17. The standard InChI is InChI=1S/C6Cl7OPS/c7-1-2(8)4(10)6(5(11)3(1)9)14-15(12,13)16. The van der Waals surface area contributed by atoms with E-state index in [4.69, 9.17) is 85.0 Å². The first-order valence-corrected chi connectivity index (χ1v) is 9.77. The Morgan fingerprint density at radius 2 is 1.06 bits per heavy atom. The third-order valence-corrected chi connectivity index (χ3v) is 4.64. The lowest BCUT2D eigenvalue weighted by Crippen LogP contribution is -1.88. The van der Waals surface area contributed by atoms with E-state index in [0.29, 0.717) is 0 Å². The van der Waals surface area contributed by atoms with Crippen molar-refractivity contribution in [3.8, 4) is 5.75 Å². The Kier molecular flexibility index (Phi) is 5.69. The quantitative estimate of drug-likeness (QED) is 0.300. The summed E-state index contributed by atoms with van der Waals surface area (Å²) in [5.41, 5.74) is 0. The number of hydrogen-bond acceptors (Lipinski definition) is 2. The molecule has 0 heterocycles. The van der Waals surface area contributed by atoms with Crippen molar-refractivity contribution in [1.29, 1.82) is 0 Å². The minimum absolute atomic E-state index is 0.00971. The summed E-state index contributed by atoms with van der Waals surface area (Å²) in [5.74, 6) is -0.0731. The lowest BCUT2D eigenvalue weighted by molar-refractivity contribution is 0.636. The number of hydrogen-bond donors (Lipinski definition) is 0. The van der Waals surface area contributed by atoms with Crippen LogP contribution in [-0.2, 0) is 11.8 Å². The number of halogens is 7. The zero-order chi connectivity index (χ0) is 12.7. The summed E-state index contributed by atoms with van der Waals surface area (Å²) >= 11 is 44.9. The lowest BCUT2D eigenvalue weighted by atomic mass is 10.3. The largest absolute Gasteiger partial charge is 0.438 e. The predicted molar refractivity (Wildman–Crippen MR) is 78.1 cm³/mol. The van der Waals surface area contributed by atoms with E-state index in [2.05, 4.69) is 11.8 Å². The van der Waals surface area contributed by atoms with Crippen molar-refractivity contribution < 1.29 is 4.52 Å². The van der Waals surface area contributed by atoms with Crippen molar-refractivity contribution in [3.05, 3.63) is 25.1 Å². The molecule has 0 aliphatic carbocycles. The van der Waals surface area contributed by atoms with E-state index in [1.54, 1.807) is 0 Å². The van der Waals surface area contributed by atoms with Crippen LogP contribution in [0.2, 0.25) is 25.1 Å². The molecule has 0 amide bonds. The average molecular weight is 399 g/mol. The highest BCUT2D eigenvalue weighted by atomic mass is 35.9. The minimum atomic E-state index is -3.05. The molecule has 0 saturated carbocycles. The van der Waals surface area contributed by atoms with Gasteiger partial charge in [0.2, 0.25) is 0 Å². The maximum Gasteiger partial charge on any atom is 0.289 e. The molecule has 0 unspecified atom stereocenters. The normalized spacial score (nSPS) is 11.7. The van der Waals surface area contributed by atoms with Crippen molar-refractivity contribution in [2.24, 2.45) is 0 Å². The van der Waals surface area contributed by atoms with E-state index in [9.17, 15) is 0 Å². The SMILES string of the molecule is S=P(Cl)(Cl)Oc1c(Cl)c(Cl)c(Cl)c(Cl)c1Cl. The Labute approximate surface area is 131 Å². The molecule has 0 bridgehead atoms. The molecule has 0 saturated heterocycles. The summed E-state index contributed by atoms with van der Waals surface area (Å²) < 4.78 is 5.05. The summed E-state index contributed by atoms with van der Waals surface area (Å²) in [7, 11) is 0. The summed E-state index contributed by atoms with van der Waals surface area (Å²) in [6.45, 7) is 0. The van der Waals surface area contributed by atoms with E-state index >= 15 is 0 Å². The Hall–Kier alpha value is 1.70. The maximum absolute atomic E-state index is 5.85. The summed E-state index contributed by atoms with van der Waals surface area (Å²) in [5, 5.41) is -0.0923. The predicted octanol–water partition coefficient (Wildman–Crippen LogP) is 7.03. The molecule has 1 aromatic rings. The van der Waals surface area contributed by atoms with Gasteiger partial charge in [0.05, 0.1) is 15.1 Å². The van der Waals surface area contributed by atoms with Gasteiger partial charge in [-0.1, -0.05) is 58.0 Å². The van der Waals surface area contributed by atoms with Crippen LogP contribution < -0.4 is 4.52 Å². The van der Waals surface area contributed by atoms with Crippen molar-refractivity contribution in [1.82, 2.24) is 0 Å². The zero-order valence-corrected chi connectivity index (χ0v) is 13.9. The number of rotatable bonds is 2. The van der Waals surface area contributed by atoms with Gasteiger partial charge in [-0.25, -0.2) is 0 Å². The fourth-order valence-corrected chi connectivity index (χ4v) is 3.11. The van der Waals surface area contributed by atoms with Crippen LogP contribution >= 0.6 is 85.5 Å². The highest BCUT2D eigenvalue weighted by molar-refractivity contribution is 8.36. The molecule has 0 atom stereocenters. The summed E-state index contributed by atoms with van der Waals surface area (Å²) in [6.07, 6.45) is 0. The molecule has 0 aliphatic heterocycles. The minimum Gasteiger partial charge on any atom is -0.438 e. The molecule has 0 aliphatic rings. The highest BCUT2D eigenvalue weighted by Crippen LogP contribution is 2.61. The van der Waals surface area contributed by atoms with Crippen LogP contribution in [0.5, 0.6) is 5.75 Å². The van der Waals surface area contributed by atoms with Crippen LogP contribution in [0.25, 0.3) is 0 Å². The van der Waals surface area contributed by atoms with Crippen LogP contribution in [0.15, 0.2) is 0 Å². The van der Waals surface area contributed by atoms with E-state index in [0.717, 1.165) is 0 Å². The zero-order valence-electron chi connectivity index (χ0n) is 6.91. The first-order chi connectivity index (χ1) is 7.15. The molecule has 0 aromatic heterocycles. The second-order valence-corrected chi connectivity index (χ2v) is 11.4. The number of benzene rings is 1. The van der Waals surface area contributed by atoms with Crippen LogP contribution in [-0.4, -0.2) is 0 Å². The van der Waals surface area contributed by atoms with Crippen molar-refractivity contribution in [2.75, 3.05) is 0 Å². The molecule has 0 spiro atoms. The van der Waals surface area contributed by atoms with E-state index in [1.165, 1.54) is 0 Å². The molecule has 0 radical (unpaired) electrons. The topological polar surface area (TPSA) is 9.23 Å². The van der Waals surface area contributed by atoms with Gasteiger partial charge in [-0.2, -0.15) is 0 Å². The van der Waals surface area contributed by atoms with Gasteiger partial charge in [-0.05, 0) is 34.3 Å². The molecular weight excluding hydrogens is 399 g/mol. The Morgan fingerprint density at radius 1 is 0.750 bits per heavy atom. The van der Waals surface area contributed by atoms with Gasteiger partial charge in [0.15, 0.2) is 5.75 Å². The van der Waals surface area contributed by atoms with Gasteiger partial charge in [0, 0.05) is 0 Å². The summed E-state index contributed by atoms with van der Waals surface area (Å²) in [4.78, 5) is -3.05. The highest BCUT2D eigenvalue weighted by Gasteiger charge is 2.24. The molecular formula is C6Cl7OPS. The lowest BCUT2D eigenvalue weighted by Gasteiger charge is -2.15. The Morgan fingerprint density at radius 3 is 1.38 bits per heavy atom. The van der Waals surface area contributed by atoms with Crippen molar-refractivity contribution >= 4 is 97.3 Å². The second-order valence-electron chi connectivity index (χ2n) is 2.40. The first-order valence-electron chi connectivity index (χ1n) is 3.35. The van der Waals surface area contributed by atoms with Gasteiger partial charge in [-0.3, -0.25) is 0 Å². The van der Waals surface area contributed by atoms with Gasteiger partial charge in [0.25, 0.3) is 4.97 Å². The van der Waals surface area contributed by atoms with E-state index < -0.39 is 4.97 Å². The smallest absolute Gasteiger partial charge is 0.289 e. The molecule has 10 heteroatoms. The molecule has 16 heavy (non-hydrogen) atoms. The monoisotopic (exact) mass is 396 g/mol. The fourth-order valence-electron chi connectivity index (χ4n) is 0.771. The van der Waals surface area contributed by atoms with Crippen molar-refractivity contribution in [3.63, 3.8) is 0 Å². The van der Waals surface area contributed by atoms with Crippen LogP contribution in [0.4, 0.5) is 0 Å². The van der Waals surface area contributed by atoms with Crippen LogP contribution in [0.1, 0.15) is 0 Å². The van der Waals surface area contributed by atoms with Gasteiger partial charge >= 0.3 is 0 Å². The van der Waals surface area contributed by atoms with Crippen molar-refractivity contribution in [2.45, 2.75) is 0 Å². The van der Waals surface area contributed by atoms with Gasteiger partial charge in [0.1, 0.15) is 10.0 Å². The third kappa shape index (κ3) is 3.60. The Balaban J connectivity index is 3.46. The molecule has 0 fully saturated rings. The van der Waals surface area contributed by atoms with E-state index in [-0.39, 0.29) is 30.9 Å². The molecule has 1 rings (SSSR count). The molecule has 1 aromatic carbocycles. The first kappa shape index (κ1) is 15.8. The van der Waals surface area contributed by atoms with Crippen LogP contribution in [0, 0.1) is 0 Å². The van der Waals surface area contributed by atoms with Gasteiger partial charge in [-0.15, -0.1) is 0 Å². The fraction of sp³-hybridized carbons (Fsp3) is 0. The summed E-state index contributed by atoms with van der Waals surface area (Å²) in [6, 6.07) is 0. The maximum atomic E-state index is 5.85. The molecule has 1 nitrogen and oxygen atoms in total. The Bertz CT molecular complexity index is 455. The third-order valence-electron chi connectivity index (χ3n) is 1.37. The second kappa shape index (κ2) is 5.77. The molecule has 90 valence electrons. The van der Waals surface area contributed by atoms with Gasteiger partial charge < -0.3 is 4.52 Å².